The van der Waals surface area contributed by atoms with Crippen LogP contribution in [0.2, 0.25) is 5.02 Å². The molecule has 3 aromatic carbocycles. The lowest BCUT2D eigenvalue weighted by molar-refractivity contribution is 0.105. The first-order valence-corrected chi connectivity index (χ1v) is 10.5. The van der Waals surface area contributed by atoms with Crippen molar-refractivity contribution in [3.63, 3.8) is 0 Å². The maximum Gasteiger partial charge on any atom is 0.231 e. The Bertz CT molecular complexity index is 1330. The molecule has 0 saturated heterocycles. The number of Topliss-reactive ketones (excluding diaryl/α,β-unsaturated/α-hetero) is 1. The number of rotatable bonds is 7. The Morgan fingerprint density at radius 3 is 2.21 bits per heavy atom. The van der Waals surface area contributed by atoms with Gasteiger partial charge in [0.25, 0.3) is 0 Å². The third kappa shape index (κ3) is 4.56. The van der Waals surface area contributed by atoms with Crippen LogP contribution in [0.3, 0.4) is 0 Å². The zero-order valence-electron chi connectivity index (χ0n) is 18.6. The number of ether oxygens (including phenoxy) is 3. The molecule has 0 aliphatic carbocycles. The van der Waals surface area contributed by atoms with E-state index in [1.807, 2.05) is 31.2 Å². The number of aromatic nitrogens is 1. The molecule has 33 heavy (non-hydrogen) atoms. The maximum atomic E-state index is 13.8. The lowest BCUT2D eigenvalue weighted by Gasteiger charge is -2.14. The average Bonchev–Trinajstić information content (AvgIpc) is 3.25. The zero-order valence-corrected chi connectivity index (χ0v) is 19.4. The summed E-state index contributed by atoms with van der Waals surface area (Å²) in [6, 6.07) is 16.1. The summed E-state index contributed by atoms with van der Waals surface area (Å²) < 4.78 is 22.1. The molecule has 0 amide bonds. The molecular weight excluding hydrogens is 442 g/mol. The first-order chi connectivity index (χ1) is 15.9. The van der Waals surface area contributed by atoms with Crippen LogP contribution in [0.4, 0.5) is 0 Å². The highest BCUT2D eigenvalue weighted by Crippen LogP contribution is 2.39. The summed E-state index contributed by atoms with van der Waals surface area (Å²) in [7, 11) is 4.51. The molecule has 0 aliphatic heterocycles. The van der Waals surface area contributed by atoms with Gasteiger partial charge in [-0.05, 0) is 48.9 Å². The van der Waals surface area contributed by atoms with Crippen molar-refractivity contribution in [3.8, 4) is 17.2 Å². The van der Waals surface area contributed by atoms with Crippen LogP contribution < -0.4 is 14.2 Å². The van der Waals surface area contributed by atoms with Gasteiger partial charge in [0.05, 0.1) is 26.9 Å². The second-order valence-corrected chi connectivity index (χ2v) is 7.78. The van der Waals surface area contributed by atoms with Crippen LogP contribution in [-0.4, -0.2) is 32.1 Å². The highest BCUT2D eigenvalue weighted by molar-refractivity contribution is 6.32. The van der Waals surface area contributed by atoms with E-state index in [1.165, 1.54) is 21.3 Å². The fraction of sp³-hybridized carbons (Fsp3) is 0.154. The van der Waals surface area contributed by atoms with Crippen molar-refractivity contribution in [1.29, 1.82) is 0 Å². The van der Waals surface area contributed by atoms with Gasteiger partial charge in [0.1, 0.15) is 5.52 Å². The van der Waals surface area contributed by atoms with Crippen molar-refractivity contribution in [2.45, 2.75) is 6.92 Å². The highest BCUT2D eigenvalue weighted by atomic mass is 35.5. The Morgan fingerprint density at radius 1 is 0.939 bits per heavy atom. The van der Waals surface area contributed by atoms with E-state index in [0.717, 1.165) is 11.1 Å². The fourth-order valence-corrected chi connectivity index (χ4v) is 3.60. The standard InChI is InChI=1S/C26H22ClNO5/c1-15-5-7-16(8-6-15)11-19(26-28-20-14-18(27)9-10-21(20)33-26)24(29)17-12-22(30-2)25(32-4)23(13-17)31-3/h5-14H,1-4H3. The monoisotopic (exact) mass is 463 g/mol. The van der Waals surface area contributed by atoms with Crippen LogP contribution in [0.5, 0.6) is 17.2 Å². The molecular formula is C26H22ClNO5. The van der Waals surface area contributed by atoms with Crippen LogP contribution in [0.1, 0.15) is 27.4 Å². The van der Waals surface area contributed by atoms with Gasteiger partial charge in [-0.25, -0.2) is 4.98 Å². The summed E-state index contributed by atoms with van der Waals surface area (Å²) >= 11 is 6.10. The quantitative estimate of drug-likeness (QED) is 0.238. The summed E-state index contributed by atoms with van der Waals surface area (Å²) in [5.74, 6) is 1.02. The molecule has 1 heterocycles. The highest BCUT2D eigenvalue weighted by Gasteiger charge is 2.24. The molecule has 4 aromatic rings. The summed E-state index contributed by atoms with van der Waals surface area (Å²) in [4.78, 5) is 18.3. The molecule has 0 N–H and O–H groups in total. The number of benzene rings is 3. The third-order valence-electron chi connectivity index (χ3n) is 5.14. The van der Waals surface area contributed by atoms with E-state index in [9.17, 15) is 4.79 Å². The number of ketones is 1. The Morgan fingerprint density at radius 2 is 1.61 bits per heavy atom. The normalized spacial score (nSPS) is 11.5. The number of oxazole rings is 1. The Hall–Kier alpha value is -3.77. The predicted octanol–water partition coefficient (Wildman–Crippen LogP) is 6.24. The SMILES string of the molecule is COc1cc(C(=O)C(=Cc2ccc(C)cc2)c2nc3cc(Cl)ccc3o2)cc(OC)c1OC. The van der Waals surface area contributed by atoms with Gasteiger partial charge >= 0.3 is 0 Å². The van der Waals surface area contributed by atoms with Gasteiger partial charge < -0.3 is 18.6 Å². The Labute approximate surface area is 196 Å². The van der Waals surface area contributed by atoms with Gasteiger partial charge in [-0.2, -0.15) is 0 Å². The number of aryl methyl sites for hydroxylation is 1. The largest absolute Gasteiger partial charge is 0.493 e. The molecule has 0 saturated carbocycles. The van der Waals surface area contributed by atoms with E-state index >= 15 is 0 Å². The first-order valence-electron chi connectivity index (χ1n) is 10.1. The minimum Gasteiger partial charge on any atom is -0.493 e. The average molecular weight is 464 g/mol. The smallest absolute Gasteiger partial charge is 0.231 e. The van der Waals surface area contributed by atoms with Crippen molar-refractivity contribution >= 4 is 40.1 Å². The van der Waals surface area contributed by atoms with Gasteiger partial charge in [0.2, 0.25) is 11.6 Å². The summed E-state index contributed by atoms with van der Waals surface area (Å²) in [6.07, 6.45) is 1.75. The number of nitrogens with zero attached hydrogens (tertiary/aromatic N) is 1. The number of carbonyl (C=O) groups is 1. The van der Waals surface area contributed by atoms with Crippen molar-refractivity contribution in [2.24, 2.45) is 0 Å². The van der Waals surface area contributed by atoms with Gasteiger partial charge in [-0.1, -0.05) is 41.4 Å². The van der Waals surface area contributed by atoms with Crippen molar-refractivity contribution in [2.75, 3.05) is 21.3 Å². The van der Waals surface area contributed by atoms with E-state index < -0.39 is 0 Å². The van der Waals surface area contributed by atoms with Gasteiger partial charge in [0, 0.05) is 10.6 Å². The third-order valence-corrected chi connectivity index (χ3v) is 5.38. The molecule has 0 atom stereocenters. The van der Waals surface area contributed by atoms with Crippen molar-refractivity contribution < 1.29 is 23.4 Å². The van der Waals surface area contributed by atoms with Crippen LogP contribution in [0, 0.1) is 6.92 Å². The number of fused-ring (bicyclic) bond motifs is 1. The molecule has 0 spiro atoms. The van der Waals surface area contributed by atoms with Crippen LogP contribution in [0.15, 0.2) is 59.0 Å². The van der Waals surface area contributed by atoms with Crippen molar-refractivity contribution in [3.05, 3.63) is 82.2 Å². The molecule has 168 valence electrons. The van der Waals surface area contributed by atoms with Gasteiger partial charge in [-0.15, -0.1) is 0 Å². The molecule has 0 unspecified atom stereocenters. The lowest BCUT2D eigenvalue weighted by atomic mass is 9.99. The molecule has 0 bridgehead atoms. The van der Waals surface area contributed by atoms with Crippen LogP contribution in [-0.2, 0) is 0 Å². The Balaban J connectivity index is 1.89. The number of halogens is 1. The minimum absolute atomic E-state index is 0.187. The predicted molar refractivity (Wildman–Crippen MR) is 128 cm³/mol. The van der Waals surface area contributed by atoms with E-state index in [0.29, 0.717) is 38.9 Å². The number of allylic oxidation sites excluding steroid dienone is 1. The number of methoxy groups -OCH3 is 3. The molecule has 0 fully saturated rings. The van der Waals surface area contributed by atoms with E-state index in [2.05, 4.69) is 4.98 Å². The van der Waals surface area contributed by atoms with Crippen LogP contribution >= 0.6 is 11.6 Å². The van der Waals surface area contributed by atoms with E-state index in [4.69, 9.17) is 30.2 Å². The van der Waals surface area contributed by atoms with Gasteiger partial charge in [0.15, 0.2) is 22.9 Å². The number of carbonyl (C=O) groups excluding carboxylic acids is 1. The molecule has 1 aromatic heterocycles. The second kappa shape index (κ2) is 9.38. The Kier molecular flexibility index (Phi) is 6.38. The molecule has 4 rings (SSSR count). The molecule has 6 nitrogen and oxygen atoms in total. The lowest BCUT2D eigenvalue weighted by Crippen LogP contribution is -2.05. The van der Waals surface area contributed by atoms with Gasteiger partial charge in [-0.3, -0.25) is 4.79 Å². The number of hydrogen-bond acceptors (Lipinski definition) is 6. The van der Waals surface area contributed by atoms with Crippen molar-refractivity contribution in [1.82, 2.24) is 4.98 Å². The molecule has 0 radical (unpaired) electrons. The maximum absolute atomic E-state index is 13.8. The topological polar surface area (TPSA) is 70.8 Å². The van der Waals surface area contributed by atoms with E-state index in [-0.39, 0.29) is 17.2 Å². The first kappa shape index (κ1) is 22.4. The minimum atomic E-state index is -0.313. The summed E-state index contributed by atoms with van der Waals surface area (Å²) in [5.41, 5.74) is 3.65. The molecule has 7 heteroatoms. The summed E-state index contributed by atoms with van der Waals surface area (Å²) in [5, 5.41) is 0.530. The zero-order chi connectivity index (χ0) is 23.5. The molecule has 0 aliphatic rings. The second-order valence-electron chi connectivity index (χ2n) is 7.34. The number of hydrogen-bond donors (Lipinski definition) is 0. The fourth-order valence-electron chi connectivity index (χ4n) is 3.44. The van der Waals surface area contributed by atoms with E-state index in [1.54, 1.807) is 36.4 Å². The summed E-state index contributed by atoms with van der Waals surface area (Å²) in [6.45, 7) is 2.00. The van der Waals surface area contributed by atoms with Crippen LogP contribution in [0.25, 0.3) is 22.7 Å².